The number of rotatable bonds is 5. The lowest BCUT2D eigenvalue weighted by Gasteiger charge is -2.38. The van der Waals surface area contributed by atoms with E-state index in [0.29, 0.717) is 0 Å². The zero-order chi connectivity index (χ0) is 23.7. The number of amides is 1. The normalized spacial score (nSPS) is 17.1. The van der Waals surface area contributed by atoms with Crippen molar-refractivity contribution in [2.24, 2.45) is 0 Å². The van der Waals surface area contributed by atoms with Crippen LogP contribution in [-0.2, 0) is 14.8 Å². The van der Waals surface area contributed by atoms with Gasteiger partial charge in [-0.2, -0.15) is 4.31 Å². The van der Waals surface area contributed by atoms with Crippen LogP contribution < -0.4 is 9.64 Å². The number of sulfonamides is 1. The number of nitrogens with zero attached hydrogens (tertiary/aromatic N) is 2. The Balaban J connectivity index is 1.69. The molecule has 3 rings (SSSR count). The van der Waals surface area contributed by atoms with Crippen molar-refractivity contribution in [2.45, 2.75) is 29.7 Å². The Morgan fingerprint density at radius 2 is 1.69 bits per heavy atom. The Labute approximate surface area is 188 Å². The van der Waals surface area contributed by atoms with Gasteiger partial charge in [-0.3, -0.25) is 4.79 Å². The highest BCUT2D eigenvalue weighted by atomic mass is 35.5. The van der Waals surface area contributed by atoms with Gasteiger partial charge in [0.25, 0.3) is 5.91 Å². The molecule has 0 unspecified atom stereocenters. The summed E-state index contributed by atoms with van der Waals surface area (Å²) >= 11 is 6.00. The maximum atomic E-state index is 12.9. The molecule has 1 aliphatic rings. The van der Waals surface area contributed by atoms with Crippen LogP contribution in [0, 0.1) is 0 Å². The molecule has 174 valence electrons. The highest BCUT2D eigenvalue weighted by molar-refractivity contribution is 7.89. The van der Waals surface area contributed by atoms with Crippen molar-refractivity contribution in [3.63, 3.8) is 0 Å². The van der Waals surface area contributed by atoms with Crippen molar-refractivity contribution in [3.8, 4) is 5.75 Å². The Morgan fingerprint density at radius 1 is 1.12 bits per heavy atom. The topological polar surface area (TPSA) is 87.2 Å². The molecule has 1 N–H and O–H groups in total. The third-order valence-corrected chi connectivity index (χ3v) is 7.56. The molecule has 12 heteroatoms. The van der Waals surface area contributed by atoms with Crippen molar-refractivity contribution in [3.05, 3.63) is 53.6 Å². The predicted octanol–water partition coefficient (Wildman–Crippen LogP) is 3.42. The van der Waals surface area contributed by atoms with E-state index in [-0.39, 0.29) is 41.5 Å². The molecule has 0 spiro atoms. The van der Waals surface area contributed by atoms with E-state index in [4.69, 9.17) is 11.6 Å². The lowest BCUT2D eigenvalue weighted by Crippen LogP contribution is -2.55. The van der Waals surface area contributed by atoms with E-state index in [1.54, 1.807) is 12.1 Å². The molecule has 2 aromatic rings. The number of anilines is 1. The largest absolute Gasteiger partial charge is 0.573 e. The second-order valence-corrected chi connectivity index (χ2v) is 9.59. The number of hydrogen-bond acceptors (Lipinski definition) is 5. The monoisotopic (exact) mass is 492 g/mol. The molecule has 0 radical (unpaired) electrons. The van der Waals surface area contributed by atoms with E-state index in [2.05, 4.69) is 4.74 Å². The highest BCUT2D eigenvalue weighted by Gasteiger charge is 2.44. The van der Waals surface area contributed by atoms with E-state index >= 15 is 0 Å². The van der Waals surface area contributed by atoms with Crippen LogP contribution in [0.3, 0.4) is 0 Å². The number of benzene rings is 2. The number of aliphatic hydroxyl groups is 1. The first-order valence-electron chi connectivity index (χ1n) is 9.44. The molecule has 0 saturated carbocycles. The smallest absolute Gasteiger partial charge is 0.406 e. The molecule has 32 heavy (non-hydrogen) atoms. The van der Waals surface area contributed by atoms with Crippen molar-refractivity contribution in [1.29, 1.82) is 0 Å². The maximum absolute atomic E-state index is 12.9. The molecule has 7 nitrogen and oxygen atoms in total. The highest BCUT2D eigenvalue weighted by Crippen LogP contribution is 2.32. The molecule has 2 aromatic carbocycles. The summed E-state index contributed by atoms with van der Waals surface area (Å²) < 4.78 is 67.5. The van der Waals surface area contributed by atoms with Gasteiger partial charge in [-0.25, -0.2) is 8.42 Å². The van der Waals surface area contributed by atoms with Crippen LogP contribution in [0.25, 0.3) is 0 Å². The molecular formula is C20H20ClF3N2O5S. The standard InChI is InChI=1S/C20H20ClF3N2O5S/c1-25(14-6-8-15(9-7-14)31-20(22,23)24)18(27)19(28)10-12-26(13-11-19)32(29,30)17-5-3-2-4-16(17)21/h2-9,28H,10-13H2,1H3. The van der Waals surface area contributed by atoms with Gasteiger partial charge >= 0.3 is 6.36 Å². The van der Waals surface area contributed by atoms with Crippen molar-refractivity contribution >= 4 is 33.2 Å². The molecule has 0 aliphatic carbocycles. The van der Waals surface area contributed by atoms with Crippen LogP contribution in [-0.4, -0.2) is 55.8 Å². The summed E-state index contributed by atoms with van der Waals surface area (Å²) in [6.07, 6.45) is -5.15. The Kier molecular flexibility index (Phi) is 6.75. The van der Waals surface area contributed by atoms with E-state index in [1.807, 2.05) is 0 Å². The van der Waals surface area contributed by atoms with Gasteiger partial charge in [0.05, 0.1) is 5.02 Å². The summed E-state index contributed by atoms with van der Waals surface area (Å²) in [5.41, 5.74) is -1.59. The number of ether oxygens (including phenoxy) is 1. The van der Waals surface area contributed by atoms with Crippen LogP contribution in [0.15, 0.2) is 53.4 Å². The van der Waals surface area contributed by atoms with Crippen molar-refractivity contribution in [1.82, 2.24) is 4.31 Å². The van der Waals surface area contributed by atoms with Gasteiger partial charge in [0.2, 0.25) is 10.0 Å². The Morgan fingerprint density at radius 3 is 2.22 bits per heavy atom. The van der Waals surface area contributed by atoms with Crippen LogP contribution in [0.1, 0.15) is 12.8 Å². The van der Waals surface area contributed by atoms with Crippen molar-refractivity contribution < 1.29 is 36.2 Å². The number of likely N-dealkylation sites (N-methyl/N-ethyl adjacent to an activating group) is 1. The summed E-state index contributed by atoms with van der Waals surface area (Å²) in [5, 5.41) is 10.9. The van der Waals surface area contributed by atoms with Gasteiger partial charge in [0.1, 0.15) is 16.2 Å². The first-order valence-corrected chi connectivity index (χ1v) is 11.3. The lowest BCUT2D eigenvalue weighted by atomic mass is 9.91. The number of carbonyl (C=O) groups is 1. The number of alkyl halides is 3. The van der Waals surface area contributed by atoms with Crippen LogP contribution in [0.4, 0.5) is 18.9 Å². The quantitative estimate of drug-likeness (QED) is 0.691. The predicted molar refractivity (Wildman–Crippen MR) is 111 cm³/mol. The second kappa shape index (κ2) is 8.89. The zero-order valence-corrected chi connectivity index (χ0v) is 18.4. The molecule has 1 amide bonds. The molecule has 1 heterocycles. The molecule has 1 fully saturated rings. The minimum Gasteiger partial charge on any atom is -0.406 e. The molecule has 1 saturated heterocycles. The van der Waals surface area contributed by atoms with Gasteiger partial charge in [-0.05, 0) is 49.2 Å². The molecular weight excluding hydrogens is 473 g/mol. The summed E-state index contributed by atoms with van der Waals surface area (Å²) in [4.78, 5) is 13.9. The minimum atomic E-state index is -4.84. The Bertz CT molecular complexity index is 1090. The lowest BCUT2D eigenvalue weighted by molar-refractivity contribution is -0.274. The van der Waals surface area contributed by atoms with Gasteiger partial charge < -0.3 is 14.7 Å². The van der Waals surface area contributed by atoms with Gasteiger partial charge in [-0.1, -0.05) is 23.7 Å². The average Bonchev–Trinajstić information content (AvgIpc) is 2.72. The summed E-state index contributed by atoms with van der Waals surface area (Å²) in [7, 11) is -2.53. The van der Waals surface area contributed by atoms with E-state index in [9.17, 15) is 31.5 Å². The number of piperidine rings is 1. The summed E-state index contributed by atoms with van der Waals surface area (Å²) in [6, 6.07) is 10.6. The molecule has 0 atom stereocenters. The van der Waals surface area contributed by atoms with E-state index in [1.165, 1.54) is 31.3 Å². The fourth-order valence-corrected chi connectivity index (χ4v) is 5.34. The van der Waals surface area contributed by atoms with Gasteiger partial charge in [0, 0.05) is 25.8 Å². The first-order chi connectivity index (χ1) is 14.8. The average molecular weight is 493 g/mol. The summed E-state index contributed by atoms with van der Waals surface area (Å²) in [5.74, 6) is -1.14. The van der Waals surface area contributed by atoms with Crippen molar-refractivity contribution in [2.75, 3.05) is 25.0 Å². The fraction of sp³-hybridized carbons (Fsp3) is 0.350. The molecule has 1 aliphatic heterocycles. The van der Waals surface area contributed by atoms with Crippen LogP contribution >= 0.6 is 11.6 Å². The van der Waals surface area contributed by atoms with Crippen LogP contribution in [0.5, 0.6) is 5.75 Å². The molecule has 0 bridgehead atoms. The minimum absolute atomic E-state index is 0.0586. The fourth-order valence-electron chi connectivity index (χ4n) is 3.40. The van der Waals surface area contributed by atoms with Crippen LogP contribution in [0.2, 0.25) is 5.02 Å². The SMILES string of the molecule is CN(C(=O)C1(O)CCN(S(=O)(=O)c2ccccc2Cl)CC1)c1ccc(OC(F)(F)F)cc1. The summed E-state index contributed by atoms with van der Waals surface area (Å²) in [6.45, 7) is -0.218. The van der Waals surface area contributed by atoms with Gasteiger partial charge in [0.15, 0.2) is 0 Å². The number of hydrogen-bond donors (Lipinski definition) is 1. The molecule has 0 aromatic heterocycles. The van der Waals surface area contributed by atoms with E-state index < -0.39 is 33.6 Å². The third kappa shape index (κ3) is 5.17. The van der Waals surface area contributed by atoms with E-state index in [0.717, 1.165) is 21.3 Å². The third-order valence-electron chi connectivity index (χ3n) is 5.16. The first kappa shape index (κ1) is 24.3. The Hall–Kier alpha value is -2.34. The second-order valence-electron chi connectivity index (χ2n) is 7.27. The number of carbonyl (C=O) groups excluding carboxylic acids is 1. The number of halogens is 4. The van der Waals surface area contributed by atoms with Gasteiger partial charge in [-0.15, -0.1) is 13.2 Å². The maximum Gasteiger partial charge on any atom is 0.573 e. The zero-order valence-electron chi connectivity index (χ0n) is 16.8.